The molecule has 2 atom stereocenters. The highest BCUT2D eigenvalue weighted by Crippen LogP contribution is 2.25. The summed E-state index contributed by atoms with van der Waals surface area (Å²) >= 11 is 0. The Morgan fingerprint density at radius 3 is 2.89 bits per heavy atom. The van der Waals surface area contributed by atoms with E-state index in [0.717, 1.165) is 13.0 Å². The molecule has 1 aliphatic rings. The molecule has 2 heteroatoms. The molecule has 0 bridgehead atoms. The lowest BCUT2D eigenvalue weighted by atomic mass is 10.0. The van der Waals surface area contributed by atoms with E-state index in [-0.39, 0.29) is 6.10 Å². The second kappa shape index (κ2) is 5.85. The first-order valence-electron chi connectivity index (χ1n) is 7.05. The highest BCUT2D eigenvalue weighted by Gasteiger charge is 2.25. The van der Waals surface area contributed by atoms with Gasteiger partial charge in [0.1, 0.15) is 0 Å². The first-order chi connectivity index (χ1) is 8.58. The number of likely N-dealkylation sites (tertiary alicyclic amines) is 1. The van der Waals surface area contributed by atoms with Gasteiger partial charge in [-0.25, -0.2) is 0 Å². The molecule has 1 aromatic rings. The molecule has 18 heavy (non-hydrogen) atoms. The second-order valence-electron chi connectivity index (χ2n) is 5.71. The van der Waals surface area contributed by atoms with E-state index >= 15 is 0 Å². The van der Waals surface area contributed by atoms with E-state index in [2.05, 4.69) is 36.9 Å². The van der Waals surface area contributed by atoms with Gasteiger partial charge in [-0.1, -0.05) is 18.2 Å². The van der Waals surface area contributed by atoms with Crippen LogP contribution in [-0.2, 0) is 6.54 Å². The Hall–Kier alpha value is -0.860. The fraction of sp³-hybridized carbons (Fsp3) is 0.625. The molecule has 1 aliphatic heterocycles. The van der Waals surface area contributed by atoms with Crippen LogP contribution in [0.1, 0.15) is 42.9 Å². The molecule has 2 rings (SSSR count). The van der Waals surface area contributed by atoms with E-state index in [9.17, 15) is 5.11 Å². The third kappa shape index (κ3) is 3.12. The van der Waals surface area contributed by atoms with Gasteiger partial charge < -0.3 is 5.11 Å². The fourth-order valence-electron chi connectivity index (χ4n) is 2.97. The minimum Gasteiger partial charge on any atom is -0.393 e. The van der Waals surface area contributed by atoms with E-state index in [0.29, 0.717) is 6.04 Å². The quantitative estimate of drug-likeness (QED) is 0.884. The van der Waals surface area contributed by atoms with E-state index in [1.165, 1.54) is 36.1 Å². The molecule has 0 amide bonds. The summed E-state index contributed by atoms with van der Waals surface area (Å²) in [5.74, 6) is 0. The van der Waals surface area contributed by atoms with Gasteiger partial charge in [-0.05, 0) is 63.3 Å². The monoisotopic (exact) mass is 247 g/mol. The van der Waals surface area contributed by atoms with Crippen molar-refractivity contribution >= 4 is 0 Å². The number of hydrogen-bond acceptors (Lipinski definition) is 2. The van der Waals surface area contributed by atoms with Crippen LogP contribution >= 0.6 is 0 Å². The van der Waals surface area contributed by atoms with Gasteiger partial charge in [0.2, 0.25) is 0 Å². The van der Waals surface area contributed by atoms with E-state index in [1.807, 2.05) is 6.92 Å². The summed E-state index contributed by atoms with van der Waals surface area (Å²) in [7, 11) is 0. The van der Waals surface area contributed by atoms with E-state index in [1.54, 1.807) is 0 Å². The Balaban J connectivity index is 2.06. The van der Waals surface area contributed by atoms with Crippen molar-refractivity contribution in [2.45, 2.75) is 58.7 Å². The molecule has 2 unspecified atom stereocenters. The molecule has 1 N–H and O–H groups in total. The van der Waals surface area contributed by atoms with Gasteiger partial charge in [0.25, 0.3) is 0 Å². The van der Waals surface area contributed by atoms with Crippen molar-refractivity contribution in [3.63, 3.8) is 0 Å². The maximum Gasteiger partial charge on any atom is 0.0527 e. The Bertz CT molecular complexity index is 400. The number of aryl methyl sites for hydroxylation is 1. The van der Waals surface area contributed by atoms with Crippen molar-refractivity contribution in [3.8, 4) is 0 Å². The third-order valence-electron chi connectivity index (χ3n) is 4.20. The number of hydrogen-bond donors (Lipinski definition) is 1. The smallest absolute Gasteiger partial charge is 0.0527 e. The molecule has 100 valence electrons. The van der Waals surface area contributed by atoms with Gasteiger partial charge in [0.05, 0.1) is 6.10 Å². The van der Waals surface area contributed by atoms with E-state index in [4.69, 9.17) is 0 Å². The summed E-state index contributed by atoms with van der Waals surface area (Å²) in [5, 5.41) is 9.57. The molecule has 1 heterocycles. The summed E-state index contributed by atoms with van der Waals surface area (Å²) < 4.78 is 0. The molecule has 0 aromatic heterocycles. The third-order valence-corrected chi connectivity index (χ3v) is 4.20. The minimum absolute atomic E-state index is 0.186. The first-order valence-corrected chi connectivity index (χ1v) is 7.05. The molecule has 1 saturated heterocycles. The molecule has 1 aromatic carbocycles. The zero-order valence-electron chi connectivity index (χ0n) is 11.8. The van der Waals surface area contributed by atoms with Crippen LogP contribution in [0.15, 0.2) is 18.2 Å². The Kier molecular flexibility index (Phi) is 4.41. The molecule has 0 radical (unpaired) electrons. The standard InChI is InChI=1S/C16H25NO/c1-12-6-4-7-15(14(12)3)11-17-9-5-8-16(17)10-13(2)18/h4,6-7,13,16,18H,5,8-11H2,1-3H3. The Morgan fingerprint density at radius 1 is 1.39 bits per heavy atom. The van der Waals surface area contributed by atoms with Gasteiger partial charge in [-0.3, -0.25) is 4.90 Å². The lowest BCUT2D eigenvalue weighted by Crippen LogP contribution is -2.31. The maximum atomic E-state index is 9.57. The van der Waals surface area contributed by atoms with Gasteiger partial charge in [-0.2, -0.15) is 0 Å². The minimum atomic E-state index is -0.186. The summed E-state index contributed by atoms with van der Waals surface area (Å²) in [6, 6.07) is 7.12. The van der Waals surface area contributed by atoms with Crippen molar-refractivity contribution in [2.75, 3.05) is 6.54 Å². The van der Waals surface area contributed by atoms with Crippen molar-refractivity contribution in [2.24, 2.45) is 0 Å². The van der Waals surface area contributed by atoms with Crippen molar-refractivity contribution in [3.05, 3.63) is 34.9 Å². The van der Waals surface area contributed by atoms with Crippen LogP contribution in [0.4, 0.5) is 0 Å². The van der Waals surface area contributed by atoms with Crippen molar-refractivity contribution in [1.82, 2.24) is 4.90 Å². The number of rotatable bonds is 4. The Morgan fingerprint density at radius 2 is 2.17 bits per heavy atom. The second-order valence-corrected chi connectivity index (χ2v) is 5.71. The van der Waals surface area contributed by atoms with Crippen LogP contribution in [0, 0.1) is 13.8 Å². The molecule has 1 fully saturated rings. The number of nitrogens with zero attached hydrogens (tertiary/aromatic N) is 1. The zero-order valence-corrected chi connectivity index (χ0v) is 11.8. The fourth-order valence-corrected chi connectivity index (χ4v) is 2.97. The highest BCUT2D eigenvalue weighted by molar-refractivity contribution is 5.33. The van der Waals surface area contributed by atoms with Gasteiger partial charge in [0.15, 0.2) is 0 Å². The average molecular weight is 247 g/mol. The van der Waals surface area contributed by atoms with Crippen LogP contribution < -0.4 is 0 Å². The van der Waals surface area contributed by atoms with Gasteiger partial charge in [0, 0.05) is 12.6 Å². The molecule has 0 aliphatic carbocycles. The maximum absolute atomic E-state index is 9.57. The Labute approximate surface area is 111 Å². The topological polar surface area (TPSA) is 23.5 Å². The van der Waals surface area contributed by atoms with Crippen LogP contribution in [-0.4, -0.2) is 28.7 Å². The average Bonchev–Trinajstić information content (AvgIpc) is 2.72. The predicted octanol–water partition coefficient (Wildman–Crippen LogP) is 3.04. The van der Waals surface area contributed by atoms with Crippen LogP contribution in [0.2, 0.25) is 0 Å². The molecular formula is C16H25NO. The van der Waals surface area contributed by atoms with Crippen LogP contribution in [0.3, 0.4) is 0 Å². The van der Waals surface area contributed by atoms with Crippen LogP contribution in [0.25, 0.3) is 0 Å². The largest absolute Gasteiger partial charge is 0.393 e. The van der Waals surface area contributed by atoms with Gasteiger partial charge in [-0.15, -0.1) is 0 Å². The highest BCUT2D eigenvalue weighted by atomic mass is 16.3. The molecular weight excluding hydrogens is 222 g/mol. The number of aliphatic hydroxyl groups is 1. The SMILES string of the molecule is Cc1cccc(CN2CCCC2CC(C)O)c1C. The molecule has 0 spiro atoms. The molecule has 0 saturated carbocycles. The summed E-state index contributed by atoms with van der Waals surface area (Å²) in [6.45, 7) is 8.49. The van der Waals surface area contributed by atoms with Crippen LogP contribution in [0.5, 0.6) is 0 Å². The van der Waals surface area contributed by atoms with Crippen molar-refractivity contribution < 1.29 is 5.11 Å². The lowest BCUT2D eigenvalue weighted by molar-refractivity contribution is 0.130. The first kappa shape index (κ1) is 13.6. The van der Waals surface area contributed by atoms with E-state index < -0.39 is 0 Å². The predicted molar refractivity (Wildman–Crippen MR) is 75.6 cm³/mol. The molecule has 2 nitrogen and oxygen atoms in total. The van der Waals surface area contributed by atoms with Crippen molar-refractivity contribution in [1.29, 1.82) is 0 Å². The number of aliphatic hydroxyl groups excluding tert-OH is 1. The summed E-state index contributed by atoms with van der Waals surface area (Å²) in [4.78, 5) is 2.54. The lowest BCUT2D eigenvalue weighted by Gasteiger charge is -2.26. The van der Waals surface area contributed by atoms with Gasteiger partial charge >= 0.3 is 0 Å². The summed E-state index contributed by atoms with van der Waals surface area (Å²) in [5.41, 5.74) is 4.23. The normalized spacial score (nSPS) is 22.3. The zero-order chi connectivity index (χ0) is 13.1. The summed E-state index contributed by atoms with van der Waals surface area (Å²) in [6.07, 6.45) is 3.22. The number of benzene rings is 1.